The second-order valence-corrected chi connectivity index (χ2v) is 6.70. The SMILES string of the molecule is O=Cc1ccc2nnc(C3CCS(=O)(=O)C3)n2c1. The molecule has 94 valence electrons. The lowest BCUT2D eigenvalue weighted by molar-refractivity contribution is 0.112. The van der Waals surface area contributed by atoms with Gasteiger partial charge >= 0.3 is 0 Å². The molecule has 0 aliphatic carbocycles. The number of hydrogen-bond donors (Lipinski definition) is 0. The summed E-state index contributed by atoms with van der Waals surface area (Å²) in [5, 5.41) is 8.04. The van der Waals surface area contributed by atoms with Crippen LogP contribution in [0.2, 0.25) is 0 Å². The Morgan fingerprint density at radius 1 is 1.33 bits per heavy atom. The normalized spacial score (nSPS) is 22.3. The molecule has 6 nitrogen and oxygen atoms in total. The van der Waals surface area contributed by atoms with Crippen molar-refractivity contribution in [2.75, 3.05) is 11.5 Å². The molecule has 0 spiro atoms. The highest BCUT2D eigenvalue weighted by atomic mass is 32.2. The highest BCUT2D eigenvalue weighted by molar-refractivity contribution is 7.91. The van der Waals surface area contributed by atoms with E-state index in [-0.39, 0.29) is 17.4 Å². The van der Waals surface area contributed by atoms with E-state index in [0.29, 0.717) is 23.5 Å². The first-order valence-electron chi connectivity index (χ1n) is 5.59. The highest BCUT2D eigenvalue weighted by Gasteiger charge is 2.32. The molecule has 0 saturated carbocycles. The van der Waals surface area contributed by atoms with Crippen LogP contribution in [-0.2, 0) is 9.84 Å². The zero-order valence-corrected chi connectivity index (χ0v) is 10.3. The van der Waals surface area contributed by atoms with Gasteiger partial charge in [0, 0.05) is 17.7 Å². The van der Waals surface area contributed by atoms with Crippen LogP contribution in [0.1, 0.15) is 28.5 Å². The minimum atomic E-state index is -2.96. The Bertz CT molecular complexity index is 720. The maximum absolute atomic E-state index is 11.5. The van der Waals surface area contributed by atoms with Gasteiger partial charge in [0.1, 0.15) is 5.82 Å². The second-order valence-electron chi connectivity index (χ2n) is 4.47. The zero-order chi connectivity index (χ0) is 12.8. The average molecular weight is 265 g/mol. The van der Waals surface area contributed by atoms with Crippen molar-refractivity contribution in [2.24, 2.45) is 0 Å². The summed E-state index contributed by atoms with van der Waals surface area (Å²) >= 11 is 0. The smallest absolute Gasteiger partial charge is 0.160 e. The molecule has 1 fully saturated rings. The third-order valence-electron chi connectivity index (χ3n) is 3.19. The van der Waals surface area contributed by atoms with E-state index in [4.69, 9.17) is 0 Å². The fraction of sp³-hybridized carbons (Fsp3) is 0.364. The number of fused-ring (bicyclic) bond motifs is 1. The third-order valence-corrected chi connectivity index (χ3v) is 4.95. The van der Waals surface area contributed by atoms with Gasteiger partial charge in [-0.05, 0) is 18.6 Å². The van der Waals surface area contributed by atoms with Gasteiger partial charge in [0.25, 0.3) is 0 Å². The number of pyridine rings is 1. The van der Waals surface area contributed by atoms with Crippen LogP contribution >= 0.6 is 0 Å². The Kier molecular flexibility index (Phi) is 2.44. The van der Waals surface area contributed by atoms with Crippen molar-refractivity contribution in [2.45, 2.75) is 12.3 Å². The van der Waals surface area contributed by atoms with Gasteiger partial charge in [-0.2, -0.15) is 0 Å². The Morgan fingerprint density at radius 3 is 2.83 bits per heavy atom. The molecule has 2 aromatic rings. The predicted molar refractivity (Wildman–Crippen MR) is 64.4 cm³/mol. The summed E-state index contributed by atoms with van der Waals surface area (Å²) in [5.41, 5.74) is 1.14. The highest BCUT2D eigenvalue weighted by Crippen LogP contribution is 2.27. The van der Waals surface area contributed by atoms with Gasteiger partial charge in [-0.15, -0.1) is 10.2 Å². The molecular weight excluding hydrogens is 254 g/mol. The molecular formula is C11H11N3O3S. The van der Waals surface area contributed by atoms with E-state index in [1.165, 1.54) is 0 Å². The van der Waals surface area contributed by atoms with Crippen LogP contribution in [0.25, 0.3) is 5.65 Å². The molecule has 2 aromatic heterocycles. The van der Waals surface area contributed by atoms with Crippen molar-refractivity contribution >= 4 is 21.8 Å². The molecule has 1 aliphatic rings. The van der Waals surface area contributed by atoms with E-state index < -0.39 is 9.84 Å². The van der Waals surface area contributed by atoms with E-state index in [1.807, 2.05) is 0 Å². The van der Waals surface area contributed by atoms with E-state index in [9.17, 15) is 13.2 Å². The number of rotatable bonds is 2. The number of nitrogens with zero attached hydrogens (tertiary/aromatic N) is 3. The van der Waals surface area contributed by atoms with Crippen LogP contribution < -0.4 is 0 Å². The summed E-state index contributed by atoms with van der Waals surface area (Å²) < 4.78 is 24.7. The van der Waals surface area contributed by atoms with Crippen LogP contribution in [-0.4, -0.2) is 40.8 Å². The summed E-state index contributed by atoms with van der Waals surface area (Å²) in [6.07, 6.45) is 2.95. The van der Waals surface area contributed by atoms with Gasteiger partial charge < -0.3 is 0 Å². The average Bonchev–Trinajstić information content (AvgIpc) is 2.91. The van der Waals surface area contributed by atoms with Gasteiger partial charge in [0.2, 0.25) is 0 Å². The molecule has 1 unspecified atom stereocenters. The van der Waals surface area contributed by atoms with Gasteiger partial charge in [-0.3, -0.25) is 9.20 Å². The first-order chi connectivity index (χ1) is 8.59. The van der Waals surface area contributed by atoms with Gasteiger partial charge in [-0.25, -0.2) is 8.42 Å². The van der Waals surface area contributed by atoms with Crippen molar-refractivity contribution in [1.29, 1.82) is 0 Å². The standard InChI is InChI=1S/C11H11N3O3S/c15-6-8-1-2-10-12-13-11(14(10)5-8)9-3-4-18(16,17)7-9/h1-2,5-6,9H,3-4,7H2. The maximum atomic E-state index is 11.5. The minimum absolute atomic E-state index is 0.110. The van der Waals surface area contributed by atoms with E-state index in [2.05, 4.69) is 10.2 Å². The molecule has 0 aromatic carbocycles. The predicted octanol–water partition coefficient (Wildman–Crippen LogP) is 0.444. The van der Waals surface area contributed by atoms with Crippen molar-refractivity contribution in [3.63, 3.8) is 0 Å². The van der Waals surface area contributed by atoms with Crippen molar-refractivity contribution < 1.29 is 13.2 Å². The Balaban J connectivity index is 2.09. The largest absolute Gasteiger partial charge is 0.298 e. The monoisotopic (exact) mass is 265 g/mol. The number of aromatic nitrogens is 3. The molecule has 18 heavy (non-hydrogen) atoms. The Morgan fingerprint density at radius 2 is 2.17 bits per heavy atom. The molecule has 7 heteroatoms. The van der Waals surface area contributed by atoms with Crippen LogP contribution in [0.5, 0.6) is 0 Å². The number of hydrogen-bond acceptors (Lipinski definition) is 5. The molecule has 1 saturated heterocycles. The summed E-state index contributed by atoms with van der Waals surface area (Å²) in [6, 6.07) is 3.36. The fourth-order valence-electron chi connectivity index (χ4n) is 2.27. The molecule has 0 N–H and O–H groups in total. The van der Waals surface area contributed by atoms with E-state index in [1.54, 1.807) is 22.7 Å². The maximum Gasteiger partial charge on any atom is 0.160 e. The van der Waals surface area contributed by atoms with E-state index in [0.717, 1.165) is 6.29 Å². The van der Waals surface area contributed by atoms with Crippen LogP contribution in [0.15, 0.2) is 18.3 Å². The van der Waals surface area contributed by atoms with Gasteiger partial charge in [0.15, 0.2) is 21.8 Å². The molecule has 1 aliphatic heterocycles. The zero-order valence-electron chi connectivity index (χ0n) is 9.48. The molecule has 0 radical (unpaired) electrons. The first-order valence-corrected chi connectivity index (χ1v) is 7.41. The van der Waals surface area contributed by atoms with Crippen molar-refractivity contribution in [3.05, 3.63) is 29.7 Å². The number of carbonyl (C=O) groups is 1. The lowest BCUT2D eigenvalue weighted by Crippen LogP contribution is -2.07. The van der Waals surface area contributed by atoms with Gasteiger partial charge in [-0.1, -0.05) is 0 Å². The number of aldehydes is 1. The lowest BCUT2D eigenvalue weighted by atomic mass is 10.1. The summed E-state index contributed by atoms with van der Waals surface area (Å²) in [7, 11) is -2.96. The fourth-order valence-corrected chi connectivity index (χ4v) is 4.01. The quantitative estimate of drug-likeness (QED) is 0.736. The molecule has 0 bridgehead atoms. The van der Waals surface area contributed by atoms with E-state index >= 15 is 0 Å². The molecule has 3 heterocycles. The van der Waals surface area contributed by atoms with Crippen molar-refractivity contribution in [1.82, 2.24) is 14.6 Å². The molecule has 1 atom stereocenters. The first kappa shape index (κ1) is 11.3. The topological polar surface area (TPSA) is 81.4 Å². The van der Waals surface area contributed by atoms with Crippen molar-refractivity contribution in [3.8, 4) is 0 Å². The lowest BCUT2D eigenvalue weighted by Gasteiger charge is -2.05. The molecule has 0 amide bonds. The van der Waals surface area contributed by atoms with Crippen LogP contribution in [0.3, 0.4) is 0 Å². The summed E-state index contributed by atoms with van der Waals surface area (Å²) in [5.74, 6) is 0.792. The number of carbonyl (C=O) groups excluding carboxylic acids is 1. The third kappa shape index (κ3) is 1.80. The Hall–Kier alpha value is -1.76. The van der Waals surface area contributed by atoms with Crippen LogP contribution in [0.4, 0.5) is 0 Å². The second kappa shape index (κ2) is 3.88. The molecule has 3 rings (SSSR count). The summed E-state index contributed by atoms with van der Waals surface area (Å²) in [6.45, 7) is 0. The summed E-state index contributed by atoms with van der Waals surface area (Å²) in [4.78, 5) is 10.8. The minimum Gasteiger partial charge on any atom is -0.298 e. The Labute approximate surface area is 104 Å². The van der Waals surface area contributed by atoms with Gasteiger partial charge in [0.05, 0.1) is 11.5 Å². The number of sulfone groups is 1. The van der Waals surface area contributed by atoms with Crippen LogP contribution in [0, 0.1) is 0 Å².